The first-order chi connectivity index (χ1) is 14.2. The lowest BCUT2D eigenvalue weighted by Gasteiger charge is -2.42. The van der Waals surface area contributed by atoms with Crippen LogP contribution in [0.4, 0.5) is 4.39 Å². The largest absolute Gasteiger partial charge is 0.206 e. The van der Waals surface area contributed by atoms with Crippen LogP contribution >= 0.6 is 0 Å². The molecule has 0 N–H and O–H groups in total. The molecule has 0 aromatic heterocycles. The van der Waals surface area contributed by atoms with Crippen LogP contribution in [-0.2, 0) is 12.8 Å². The maximum Gasteiger partial charge on any atom is 0.130 e. The first kappa shape index (κ1) is 21.1. The molecule has 1 heteroatoms. The summed E-state index contributed by atoms with van der Waals surface area (Å²) >= 11 is 0. The van der Waals surface area contributed by atoms with E-state index in [9.17, 15) is 0 Å². The highest BCUT2D eigenvalue weighted by Gasteiger charge is 2.37. The van der Waals surface area contributed by atoms with E-state index in [2.05, 4.69) is 31.7 Å². The van der Waals surface area contributed by atoms with Crippen LogP contribution in [-0.4, -0.2) is 0 Å². The van der Waals surface area contributed by atoms with Crippen LogP contribution in [0.15, 0.2) is 24.8 Å². The minimum absolute atomic E-state index is 0.180. The molecule has 0 aliphatic heterocycles. The third kappa shape index (κ3) is 4.80. The van der Waals surface area contributed by atoms with Gasteiger partial charge in [-0.05, 0) is 110 Å². The van der Waals surface area contributed by atoms with Crippen molar-refractivity contribution in [2.75, 3.05) is 0 Å². The molecule has 0 amide bonds. The topological polar surface area (TPSA) is 0 Å². The molecule has 3 aliphatic carbocycles. The minimum atomic E-state index is 0.180. The second-order valence-electron chi connectivity index (χ2n) is 10.4. The van der Waals surface area contributed by atoms with E-state index in [0.717, 1.165) is 47.6 Å². The highest BCUT2D eigenvalue weighted by atomic mass is 19.1. The first-order valence-corrected chi connectivity index (χ1v) is 12.6. The van der Waals surface area contributed by atoms with Gasteiger partial charge in [-0.3, -0.25) is 0 Å². The van der Waals surface area contributed by atoms with Crippen LogP contribution in [0.1, 0.15) is 107 Å². The second kappa shape index (κ2) is 9.80. The summed E-state index contributed by atoms with van der Waals surface area (Å²) in [5.41, 5.74) is 3.45. The molecular formula is C28H41F. The van der Waals surface area contributed by atoms with Gasteiger partial charge in [0.2, 0.25) is 0 Å². The summed E-state index contributed by atoms with van der Waals surface area (Å²) in [4.78, 5) is 0. The fraction of sp³-hybridized carbons (Fsp3) is 0.714. The Morgan fingerprint density at radius 3 is 2.66 bits per heavy atom. The molecule has 0 saturated heterocycles. The number of hydrogen-bond acceptors (Lipinski definition) is 0. The van der Waals surface area contributed by atoms with Crippen molar-refractivity contribution in [2.24, 2.45) is 23.7 Å². The van der Waals surface area contributed by atoms with Gasteiger partial charge in [-0.1, -0.05) is 50.8 Å². The quantitative estimate of drug-likeness (QED) is 0.406. The van der Waals surface area contributed by atoms with Crippen molar-refractivity contribution in [1.82, 2.24) is 0 Å². The summed E-state index contributed by atoms with van der Waals surface area (Å²) in [6, 6.07) is 4.47. The van der Waals surface area contributed by atoms with E-state index >= 15 is 4.39 Å². The average Bonchev–Trinajstić information content (AvgIpc) is 2.76. The van der Waals surface area contributed by atoms with Crippen molar-refractivity contribution in [3.05, 3.63) is 47.3 Å². The molecule has 0 radical (unpaired) electrons. The molecule has 160 valence electrons. The maximum atomic E-state index is 15.5. The fourth-order valence-electron chi connectivity index (χ4n) is 6.84. The van der Waals surface area contributed by atoms with Crippen LogP contribution in [0.5, 0.6) is 0 Å². The van der Waals surface area contributed by atoms with Gasteiger partial charge < -0.3 is 0 Å². The predicted molar refractivity (Wildman–Crippen MR) is 122 cm³/mol. The van der Waals surface area contributed by atoms with E-state index in [4.69, 9.17) is 0 Å². The third-order valence-corrected chi connectivity index (χ3v) is 8.59. The maximum absolute atomic E-state index is 15.5. The summed E-state index contributed by atoms with van der Waals surface area (Å²) in [6.07, 6.45) is 19.7. The molecule has 1 aromatic carbocycles. The molecule has 5 atom stereocenters. The smallest absolute Gasteiger partial charge is 0.130 e. The van der Waals surface area contributed by atoms with Gasteiger partial charge in [-0.25, -0.2) is 4.39 Å². The van der Waals surface area contributed by atoms with E-state index in [1.54, 1.807) is 0 Å². The van der Waals surface area contributed by atoms with E-state index in [-0.39, 0.29) is 5.82 Å². The van der Waals surface area contributed by atoms with Crippen molar-refractivity contribution >= 4 is 0 Å². The molecule has 3 aliphatic rings. The number of benzene rings is 1. The van der Waals surface area contributed by atoms with Crippen LogP contribution < -0.4 is 0 Å². The molecule has 1 aromatic rings. The molecule has 29 heavy (non-hydrogen) atoms. The molecule has 5 unspecified atom stereocenters. The standard InChI is InChI=1S/C28H41F/c1-3-5-7-20-9-11-23-19-25(13-12-22(23)17-20)27-16-14-24-18-21(8-6-4-2)10-15-26(24)28(27)29/h3,14,16,20-23,25H,1,4-13,15,17-19H2,2H3. The van der Waals surface area contributed by atoms with Crippen LogP contribution in [0.25, 0.3) is 0 Å². The molecule has 4 rings (SSSR count). The third-order valence-electron chi connectivity index (χ3n) is 8.59. The monoisotopic (exact) mass is 396 g/mol. The fourth-order valence-corrected chi connectivity index (χ4v) is 6.84. The Bertz CT molecular complexity index is 690. The van der Waals surface area contributed by atoms with Crippen molar-refractivity contribution in [3.8, 4) is 0 Å². The summed E-state index contributed by atoms with van der Waals surface area (Å²) in [7, 11) is 0. The number of hydrogen-bond donors (Lipinski definition) is 0. The van der Waals surface area contributed by atoms with Crippen molar-refractivity contribution < 1.29 is 4.39 Å². The lowest BCUT2D eigenvalue weighted by atomic mass is 9.63. The highest BCUT2D eigenvalue weighted by molar-refractivity contribution is 5.38. The Morgan fingerprint density at radius 2 is 1.83 bits per heavy atom. The van der Waals surface area contributed by atoms with Gasteiger partial charge in [0.25, 0.3) is 0 Å². The molecule has 2 fully saturated rings. The van der Waals surface area contributed by atoms with E-state index in [0.29, 0.717) is 5.92 Å². The number of unbranched alkanes of at least 4 members (excludes halogenated alkanes) is 1. The number of rotatable bonds is 7. The molecule has 0 spiro atoms. The lowest BCUT2D eigenvalue weighted by Crippen LogP contribution is -2.31. The van der Waals surface area contributed by atoms with E-state index < -0.39 is 0 Å². The number of allylic oxidation sites excluding steroid dienone is 1. The molecule has 0 bridgehead atoms. The summed E-state index contributed by atoms with van der Waals surface area (Å²) in [6.45, 7) is 6.16. The van der Waals surface area contributed by atoms with Gasteiger partial charge in [-0.2, -0.15) is 0 Å². The van der Waals surface area contributed by atoms with Crippen molar-refractivity contribution in [3.63, 3.8) is 0 Å². The molecule has 0 nitrogen and oxygen atoms in total. The van der Waals surface area contributed by atoms with E-state index in [1.165, 1.54) is 82.6 Å². The summed E-state index contributed by atoms with van der Waals surface area (Å²) in [5.74, 6) is 4.06. The van der Waals surface area contributed by atoms with Gasteiger partial charge in [0.15, 0.2) is 0 Å². The Balaban J connectivity index is 1.40. The van der Waals surface area contributed by atoms with Crippen LogP contribution in [0.2, 0.25) is 0 Å². The summed E-state index contributed by atoms with van der Waals surface area (Å²) < 4.78 is 15.5. The Morgan fingerprint density at radius 1 is 1.00 bits per heavy atom. The number of halogens is 1. The first-order valence-electron chi connectivity index (χ1n) is 12.6. The van der Waals surface area contributed by atoms with E-state index in [1.807, 2.05) is 0 Å². The Hall–Kier alpha value is -1.11. The number of fused-ring (bicyclic) bond motifs is 2. The lowest BCUT2D eigenvalue weighted by molar-refractivity contribution is 0.114. The van der Waals surface area contributed by atoms with Gasteiger partial charge in [0.1, 0.15) is 5.82 Å². The van der Waals surface area contributed by atoms with Crippen LogP contribution in [0.3, 0.4) is 0 Å². The van der Waals surface area contributed by atoms with Gasteiger partial charge in [0.05, 0.1) is 0 Å². The highest BCUT2D eigenvalue weighted by Crippen LogP contribution is 2.49. The normalized spacial score (nSPS) is 31.7. The average molecular weight is 397 g/mol. The van der Waals surface area contributed by atoms with Crippen molar-refractivity contribution in [2.45, 2.75) is 103 Å². The molecular weight excluding hydrogens is 355 g/mol. The van der Waals surface area contributed by atoms with Gasteiger partial charge in [-0.15, -0.1) is 6.58 Å². The van der Waals surface area contributed by atoms with Gasteiger partial charge >= 0.3 is 0 Å². The molecule has 2 saturated carbocycles. The van der Waals surface area contributed by atoms with Crippen LogP contribution in [0, 0.1) is 29.5 Å². The minimum Gasteiger partial charge on any atom is -0.206 e. The zero-order valence-electron chi connectivity index (χ0n) is 18.6. The SMILES string of the molecule is C=CCCC1CCC2CC(c3ccc4c(c3F)CCC(CCCC)C4)CCC2C1. The summed E-state index contributed by atoms with van der Waals surface area (Å²) in [5, 5.41) is 0. The predicted octanol–water partition coefficient (Wildman–Crippen LogP) is 8.39. The van der Waals surface area contributed by atoms with Gasteiger partial charge in [0, 0.05) is 0 Å². The van der Waals surface area contributed by atoms with Crippen molar-refractivity contribution in [1.29, 1.82) is 0 Å². The Kier molecular flexibility index (Phi) is 7.14. The molecule has 0 heterocycles. The zero-order valence-corrected chi connectivity index (χ0v) is 18.6. The zero-order chi connectivity index (χ0) is 20.2. The Labute approximate surface area is 178 Å². The second-order valence-corrected chi connectivity index (χ2v) is 10.4.